The molecule has 0 bridgehead atoms. The molecule has 1 fully saturated rings. The molecule has 6 nitrogen and oxygen atoms in total. The van der Waals surface area contributed by atoms with Gasteiger partial charge in [0.15, 0.2) is 0 Å². The van der Waals surface area contributed by atoms with E-state index in [9.17, 15) is 9.59 Å². The summed E-state index contributed by atoms with van der Waals surface area (Å²) in [4.78, 5) is 30.3. The molecule has 1 N–H and O–H groups in total. The molecule has 2 amide bonds. The van der Waals surface area contributed by atoms with Crippen LogP contribution in [0.4, 0.5) is 0 Å². The van der Waals surface area contributed by atoms with Gasteiger partial charge in [-0.15, -0.1) is 0 Å². The Morgan fingerprint density at radius 3 is 2.68 bits per heavy atom. The summed E-state index contributed by atoms with van der Waals surface area (Å²) in [5, 5.41) is 3.97. The normalized spacial score (nSPS) is 23.2. The molecule has 0 aromatic heterocycles. The average molecular weight is 442 g/mol. The van der Waals surface area contributed by atoms with E-state index in [2.05, 4.69) is 10.2 Å². The second-order valence-electron chi connectivity index (χ2n) is 8.71. The minimum Gasteiger partial charge on any atom is -0.497 e. The summed E-state index contributed by atoms with van der Waals surface area (Å²) in [6.45, 7) is 1.92. The Morgan fingerprint density at radius 2 is 2.00 bits per heavy atom. The lowest BCUT2D eigenvalue weighted by Crippen LogP contribution is -2.57. The van der Waals surface area contributed by atoms with Gasteiger partial charge in [-0.1, -0.05) is 29.8 Å². The smallest absolute Gasteiger partial charge is 0.252 e. The van der Waals surface area contributed by atoms with E-state index in [0.717, 1.165) is 17.5 Å². The lowest BCUT2D eigenvalue weighted by atomic mass is 9.81. The highest BCUT2D eigenvalue weighted by molar-refractivity contribution is 6.30. The summed E-state index contributed by atoms with van der Waals surface area (Å²) in [5.41, 5.74) is 2.13. The van der Waals surface area contributed by atoms with Gasteiger partial charge < -0.3 is 15.0 Å². The van der Waals surface area contributed by atoms with E-state index in [1.165, 1.54) is 0 Å². The first-order chi connectivity index (χ1) is 14.8. The van der Waals surface area contributed by atoms with Crippen LogP contribution in [0.3, 0.4) is 0 Å². The third-order valence-corrected chi connectivity index (χ3v) is 6.69. The highest BCUT2D eigenvalue weighted by atomic mass is 35.5. The Kier molecular flexibility index (Phi) is 5.95. The maximum Gasteiger partial charge on any atom is 0.252 e. The number of carbonyl (C=O) groups excluding carboxylic acids is 2. The van der Waals surface area contributed by atoms with Crippen LogP contribution in [0.5, 0.6) is 5.75 Å². The van der Waals surface area contributed by atoms with Crippen molar-refractivity contribution in [3.63, 3.8) is 0 Å². The molecule has 2 aromatic rings. The van der Waals surface area contributed by atoms with E-state index in [1.807, 2.05) is 36.4 Å². The number of hydrogen-bond donors (Lipinski definition) is 1. The molecule has 2 aromatic carbocycles. The molecule has 0 aliphatic carbocycles. The molecule has 2 atom stereocenters. The van der Waals surface area contributed by atoms with Gasteiger partial charge in [0, 0.05) is 44.3 Å². The third kappa shape index (κ3) is 4.27. The van der Waals surface area contributed by atoms with Crippen LogP contribution in [0.15, 0.2) is 42.5 Å². The van der Waals surface area contributed by atoms with Crippen molar-refractivity contribution in [1.29, 1.82) is 0 Å². The predicted molar refractivity (Wildman–Crippen MR) is 120 cm³/mol. The number of benzene rings is 2. The third-order valence-electron chi connectivity index (χ3n) is 6.44. The molecule has 2 aliphatic heterocycles. The van der Waals surface area contributed by atoms with Crippen LogP contribution < -0.4 is 10.1 Å². The van der Waals surface area contributed by atoms with Crippen molar-refractivity contribution < 1.29 is 14.3 Å². The number of nitrogens with one attached hydrogen (secondary N) is 1. The number of hydrogen-bond acceptors (Lipinski definition) is 4. The molecule has 2 heterocycles. The van der Waals surface area contributed by atoms with Gasteiger partial charge in [0.2, 0.25) is 5.91 Å². The first kappa shape index (κ1) is 21.7. The Bertz CT molecular complexity index is 992. The summed E-state index contributed by atoms with van der Waals surface area (Å²) < 4.78 is 5.31. The van der Waals surface area contributed by atoms with Crippen molar-refractivity contribution in [2.75, 3.05) is 34.3 Å². The highest BCUT2D eigenvalue weighted by Crippen LogP contribution is 2.37. The van der Waals surface area contributed by atoms with E-state index in [-0.39, 0.29) is 17.7 Å². The zero-order chi connectivity index (χ0) is 22.2. The summed E-state index contributed by atoms with van der Waals surface area (Å²) in [6.07, 6.45) is 1.43. The van der Waals surface area contributed by atoms with E-state index in [1.54, 1.807) is 32.2 Å². The number of aryl methyl sites for hydroxylation is 1. The van der Waals surface area contributed by atoms with Crippen molar-refractivity contribution in [3.05, 3.63) is 64.2 Å². The van der Waals surface area contributed by atoms with Gasteiger partial charge in [-0.25, -0.2) is 0 Å². The van der Waals surface area contributed by atoms with Crippen molar-refractivity contribution >= 4 is 23.4 Å². The van der Waals surface area contributed by atoms with Crippen molar-refractivity contribution in [1.82, 2.24) is 15.1 Å². The predicted octanol–water partition coefficient (Wildman–Crippen LogP) is 2.98. The number of methoxy groups -OCH3 is 1. The van der Waals surface area contributed by atoms with Gasteiger partial charge in [-0.05, 0) is 48.2 Å². The standard InChI is InChI=1S/C24H28ClN3O3/c1-27(2)23(30)21-14-28(13-16-4-7-18(25)8-5-16)15-24(21)11-10-17-6-9-19(31-3)12-20(17)22(29)26-24/h4-9,12,21H,10-11,13-15H2,1-3H3,(H,26,29)/t21-,24+/m1/s1. The first-order valence-corrected chi connectivity index (χ1v) is 10.9. The molecular formula is C24H28ClN3O3. The molecule has 4 rings (SSSR count). The maximum atomic E-state index is 13.3. The quantitative estimate of drug-likeness (QED) is 0.792. The average Bonchev–Trinajstić information content (AvgIpc) is 3.03. The van der Waals surface area contributed by atoms with Gasteiger partial charge in [-0.3, -0.25) is 14.5 Å². The number of amides is 2. The summed E-state index contributed by atoms with van der Waals surface area (Å²) in [7, 11) is 5.14. The zero-order valence-corrected chi connectivity index (χ0v) is 18.9. The van der Waals surface area contributed by atoms with Gasteiger partial charge in [0.25, 0.3) is 5.91 Å². The largest absolute Gasteiger partial charge is 0.497 e. The lowest BCUT2D eigenvalue weighted by molar-refractivity contribution is -0.134. The number of fused-ring (bicyclic) bond motifs is 1. The SMILES string of the molecule is COc1ccc2c(c1)C(=O)N[C@@]1(CC2)CN(Cc2ccc(Cl)cc2)C[C@@H]1C(=O)N(C)C. The van der Waals surface area contributed by atoms with Crippen LogP contribution in [-0.2, 0) is 17.8 Å². The lowest BCUT2D eigenvalue weighted by Gasteiger charge is -2.35. The van der Waals surface area contributed by atoms with Crippen molar-refractivity contribution in [3.8, 4) is 5.75 Å². The summed E-state index contributed by atoms with van der Waals surface area (Å²) >= 11 is 6.02. The van der Waals surface area contributed by atoms with E-state index in [4.69, 9.17) is 16.3 Å². The molecule has 31 heavy (non-hydrogen) atoms. The van der Waals surface area contributed by atoms with E-state index >= 15 is 0 Å². The number of likely N-dealkylation sites (tertiary alicyclic amines) is 1. The summed E-state index contributed by atoms with van der Waals surface area (Å²) in [6, 6.07) is 13.4. The van der Waals surface area contributed by atoms with Crippen LogP contribution in [0, 0.1) is 5.92 Å². The Labute approximate surface area is 188 Å². The molecule has 0 unspecified atom stereocenters. The van der Waals surface area contributed by atoms with Gasteiger partial charge in [0.05, 0.1) is 18.6 Å². The van der Waals surface area contributed by atoms with E-state index < -0.39 is 5.54 Å². The Balaban J connectivity index is 1.64. The Hall–Kier alpha value is -2.57. The second-order valence-corrected chi connectivity index (χ2v) is 9.15. The van der Waals surface area contributed by atoms with Crippen molar-refractivity contribution in [2.24, 2.45) is 5.92 Å². The van der Waals surface area contributed by atoms with Gasteiger partial charge >= 0.3 is 0 Å². The number of ether oxygens (including phenoxy) is 1. The maximum absolute atomic E-state index is 13.3. The molecule has 2 aliphatic rings. The number of rotatable bonds is 4. The zero-order valence-electron chi connectivity index (χ0n) is 18.2. The molecule has 1 spiro atoms. The highest BCUT2D eigenvalue weighted by Gasteiger charge is 2.52. The molecule has 1 saturated heterocycles. The molecule has 0 saturated carbocycles. The van der Waals surface area contributed by atoms with Crippen LogP contribution in [-0.4, -0.2) is 61.4 Å². The van der Waals surface area contributed by atoms with Crippen LogP contribution in [0.1, 0.15) is 27.9 Å². The fraction of sp³-hybridized carbons (Fsp3) is 0.417. The van der Waals surface area contributed by atoms with E-state index in [0.29, 0.717) is 42.4 Å². The first-order valence-electron chi connectivity index (χ1n) is 10.5. The molecule has 164 valence electrons. The Morgan fingerprint density at radius 1 is 1.26 bits per heavy atom. The number of nitrogens with zero attached hydrogens (tertiary/aromatic N) is 2. The van der Waals surface area contributed by atoms with Crippen LogP contribution in [0.2, 0.25) is 5.02 Å². The van der Waals surface area contributed by atoms with Crippen LogP contribution in [0.25, 0.3) is 0 Å². The number of halogens is 1. The molecule has 7 heteroatoms. The van der Waals surface area contributed by atoms with Gasteiger partial charge in [-0.2, -0.15) is 0 Å². The molecular weight excluding hydrogens is 414 g/mol. The topological polar surface area (TPSA) is 61.9 Å². The number of carbonyl (C=O) groups is 2. The second kappa shape index (κ2) is 8.52. The van der Waals surface area contributed by atoms with Crippen LogP contribution >= 0.6 is 11.6 Å². The molecule has 0 radical (unpaired) electrons. The summed E-state index contributed by atoms with van der Waals surface area (Å²) in [5.74, 6) is 0.246. The minimum absolute atomic E-state index is 0.0439. The monoisotopic (exact) mass is 441 g/mol. The fourth-order valence-corrected chi connectivity index (χ4v) is 4.93. The van der Waals surface area contributed by atoms with Gasteiger partial charge in [0.1, 0.15) is 5.75 Å². The van der Waals surface area contributed by atoms with Crippen molar-refractivity contribution in [2.45, 2.75) is 24.9 Å². The minimum atomic E-state index is -0.614. The fourth-order valence-electron chi connectivity index (χ4n) is 4.81.